The van der Waals surface area contributed by atoms with E-state index in [1.165, 1.54) is 4.90 Å². The normalized spacial score (nSPS) is 14.9. The monoisotopic (exact) mass is 484 g/mol. The van der Waals surface area contributed by atoms with Crippen molar-refractivity contribution >= 4 is 35.2 Å². The van der Waals surface area contributed by atoms with E-state index in [0.29, 0.717) is 36.0 Å². The first kappa shape index (κ1) is 25.8. The highest BCUT2D eigenvalue weighted by atomic mass is 35.5. The standard InChI is InChI=1S/C27H33ClN2O4/c1-18(2)33-14-6-13-29-25(31)17-30-22-16-20(27(3,4)5)9-12-23(22)34-24(26(30)32)15-19-7-10-21(28)11-8-19/h7-12,15-16,18H,6,13-14,17H2,1-5H3,(H,29,31). The van der Waals surface area contributed by atoms with Crippen LogP contribution in [0.25, 0.3) is 6.08 Å². The molecular formula is C27H33ClN2O4. The molecule has 6 nitrogen and oxygen atoms in total. The summed E-state index contributed by atoms with van der Waals surface area (Å²) >= 11 is 5.98. The zero-order valence-electron chi connectivity index (χ0n) is 20.5. The molecule has 0 saturated carbocycles. The summed E-state index contributed by atoms with van der Waals surface area (Å²) in [7, 11) is 0. The van der Waals surface area contributed by atoms with E-state index < -0.39 is 0 Å². The van der Waals surface area contributed by atoms with Crippen LogP contribution in [0.2, 0.25) is 5.02 Å². The van der Waals surface area contributed by atoms with Crippen molar-refractivity contribution in [2.24, 2.45) is 0 Å². The molecule has 0 atom stereocenters. The number of benzene rings is 2. The van der Waals surface area contributed by atoms with E-state index in [1.54, 1.807) is 30.3 Å². The zero-order valence-corrected chi connectivity index (χ0v) is 21.2. The number of fused-ring (bicyclic) bond motifs is 1. The van der Waals surface area contributed by atoms with Gasteiger partial charge < -0.3 is 14.8 Å². The number of amides is 2. The molecule has 0 unspecified atom stereocenters. The fraction of sp³-hybridized carbons (Fsp3) is 0.407. The minimum absolute atomic E-state index is 0.105. The van der Waals surface area contributed by atoms with Crippen LogP contribution in [0.15, 0.2) is 48.2 Å². The molecule has 0 spiro atoms. The molecule has 0 aromatic heterocycles. The Morgan fingerprint density at radius 3 is 2.53 bits per heavy atom. The van der Waals surface area contributed by atoms with E-state index in [1.807, 2.05) is 32.0 Å². The van der Waals surface area contributed by atoms with Gasteiger partial charge in [0.2, 0.25) is 5.91 Å². The van der Waals surface area contributed by atoms with Crippen molar-refractivity contribution in [2.45, 2.75) is 52.6 Å². The Morgan fingerprint density at radius 2 is 1.88 bits per heavy atom. The summed E-state index contributed by atoms with van der Waals surface area (Å²) in [6.45, 7) is 11.2. The predicted octanol–water partition coefficient (Wildman–Crippen LogP) is 5.34. The minimum Gasteiger partial charge on any atom is -0.449 e. The summed E-state index contributed by atoms with van der Waals surface area (Å²) in [6.07, 6.45) is 2.52. The van der Waals surface area contributed by atoms with Gasteiger partial charge in [0.05, 0.1) is 11.8 Å². The average Bonchev–Trinajstić information content (AvgIpc) is 2.76. The maximum Gasteiger partial charge on any atom is 0.294 e. The summed E-state index contributed by atoms with van der Waals surface area (Å²) in [5.41, 5.74) is 2.28. The summed E-state index contributed by atoms with van der Waals surface area (Å²) in [5.74, 6) is 0.0759. The molecule has 0 bridgehead atoms. The molecule has 182 valence electrons. The zero-order chi connectivity index (χ0) is 24.9. The Kier molecular flexibility index (Phi) is 8.39. The van der Waals surface area contributed by atoms with Crippen LogP contribution >= 0.6 is 11.6 Å². The average molecular weight is 485 g/mol. The number of nitrogens with one attached hydrogen (secondary N) is 1. The van der Waals surface area contributed by atoms with Crippen LogP contribution in [0.4, 0.5) is 5.69 Å². The number of nitrogens with zero attached hydrogens (tertiary/aromatic N) is 1. The number of carbonyl (C=O) groups excluding carboxylic acids is 2. The number of hydrogen-bond acceptors (Lipinski definition) is 4. The van der Waals surface area contributed by atoms with E-state index >= 15 is 0 Å². The SMILES string of the molecule is CC(C)OCCCNC(=O)CN1C(=O)C(=Cc2ccc(Cl)cc2)Oc2ccc(C(C)(C)C)cc21. The van der Waals surface area contributed by atoms with Crippen LogP contribution in [-0.2, 0) is 19.7 Å². The summed E-state index contributed by atoms with van der Waals surface area (Å²) < 4.78 is 11.5. The van der Waals surface area contributed by atoms with Gasteiger partial charge in [-0.3, -0.25) is 14.5 Å². The Balaban J connectivity index is 1.84. The van der Waals surface area contributed by atoms with Gasteiger partial charge in [-0.05, 0) is 67.2 Å². The van der Waals surface area contributed by atoms with Crippen molar-refractivity contribution in [2.75, 3.05) is 24.6 Å². The second kappa shape index (κ2) is 11.1. The van der Waals surface area contributed by atoms with Gasteiger partial charge >= 0.3 is 0 Å². The third-order valence-corrected chi connectivity index (χ3v) is 5.61. The third kappa shape index (κ3) is 6.84. The lowest BCUT2D eigenvalue weighted by molar-refractivity contribution is -0.123. The second-order valence-corrected chi connectivity index (χ2v) is 10.0. The van der Waals surface area contributed by atoms with Crippen molar-refractivity contribution in [3.63, 3.8) is 0 Å². The maximum atomic E-state index is 13.4. The molecule has 0 aliphatic carbocycles. The van der Waals surface area contributed by atoms with Gasteiger partial charge in [-0.25, -0.2) is 0 Å². The Hall–Kier alpha value is -2.83. The van der Waals surface area contributed by atoms with Crippen LogP contribution in [0.1, 0.15) is 52.2 Å². The highest BCUT2D eigenvalue weighted by molar-refractivity contribution is 6.30. The molecule has 3 rings (SSSR count). The molecule has 0 fully saturated rings. The van der Waals surface area contributed by atoms with E-state index in [0.717, 1.165) is 11.1 Å². The van der Waals surface area contributed by atoms with Gasteiger partial charge in [0, 0.05) is 18.2 Å². The molecule has 0 radical (unpaired) electrons. The van der Waals surface area contributed by atoms with E-state index in [2.05, 4.69) is 26.1 Å². The number of rotatable bonds is 8. The molecule has 2 aromatic carbocycles. The number of carbonyl (C=O) groups is 2. The van der Waals surface area contributed by atoms with Crippen LogP contribution in [-0.4, -0.2) is 37.6 Å². The topological polar surface area (TPSA) is 67.9 Å². The van der Waals surface area contributed by atoms with Crippen LogP contribution < -0.4 is 15.0 Å². The lowest BCUT2D eigenvalue weighted by atomic mass is 9.86. The van der Waals surface area contributed by atoms with Crippen molar-refractivity contribution < 1.29 is 19.1 Å². The fourth-order valence-corrected chi connectivity index (χ4v) is 3.59. The Morgan fingerprint density at radius 1 is 1.18 bits per heavy atom. The molecule has 1 aliphatic rings. The molecule has 1 N–H and O–H groups in total. The molecule has 0 saturated heterocycles. The lowest BCUT2D eigenvalue weighted by Crippen LogP contribution is -2.44. The molecule has 2 amide bonds. The largest absolute Gasteiger partial charge is 0.449 e. The lowest BCUT2D eigenvalue weighted by Gasteiger charge is -2.32. The Labute approximate surface area is 206 Å². The first-order chi connectivity index (χ1) is 16.0. The quantitative estimate of drug-likeness (QED) is 0.406. The van der Waals surface area contributed by atoms with Crippen molar-refractivity contribution in [3.05, 3.63) is 64.4 Å². The van der Waals surface area contributed by atoms with Crippen molar-refractivity contribution in [3.8, 4) is 5.75 Å². The number of halogens is 1. The highest BCUT2D eigenvalue weighted by Gasteiger charge is 2.33. The number of anilines is 1. The molecule has 1 heterocycles. The molecule has 2 aromatic rings. The fourth-order valence-electron chi connectivity index (χ4n) is 3.46. The van der Waals surface area contributed by atoms with Crippen LogP contribution in [0.3, 0.4) is 0 Å². The van der Waals surface area contributed by atoms with Crippen molar-refractivity contribution in [1.29, 1.82) is 0 Å². The van der Waals surface area contributed by atoms with Gasteiger partial charge in [-0.1, -0.05) is 50.6 Å². The van der Waals surface area contributed by atoms with E-state index in [-0.39, 0.29) is 35.6 Å². The van der Waals surface area contributed by atoms with Gasteiger partial charge in [-0.15, -0.1) is 0 Å². The highest BCUT2D eigenvalue weighted by Crippen LogP contribution is 2.39. The smallest absolute Gasteiger partial charge is 0.294 e. The van der Waals surface area contributed by atoms with Gasteiger partial charge in [0.1, 0.15) is 6.54 Å². The first-order valence-electron chi connectivity index (χ1n) is 11.5. The minimum atomic E-state index is -0.369. The Bertz CT molecular complexity index is 1060. The van der Waals surface area contributed by atoms with Crippen LogP contribution in [0.5, 0.6) is 5.75 Å². The predicted molar refractivity (Wildman–Crippen MR) is 136 cm³/mol. The number of hydrogen-bond donors (Lipinski definition) is 1. The summed E-state index contributed by atoms with van der Waals surface area (Å²) in [6, 6.07) is 12.9. The van der Waals surface area contributed by atoms with Gasteiger partial charge in [0.15, 0.2) is 11.5 Å². The van der Waals surface area contributed by atoms with Gasteiger partial charge in [0.25, 0.3) is 5.91 Å². The third-order valence-electron chi connectivity index (χ3n) is 5.36. The first-order valence-corrected chi connectivity index (χ1v) is 11.9. The summed E-state index contributed by atoms with van der Waals surface area (Å²) in [4.78, 5) is 27.6. The molecule has 7 heteroatoms. The van der Waals surface area contributed by atoms with E-state index in [4.69, 9.17) is 21.1 Å². The van der Waals surface area contributed by atoms with E-state index in [9.17, 15) is 9.59 Å². The number of ether oxygens (including phenoxy) is 2. The maximum absolute atomic E-state index is 13.4. The summed E-state index contributed by atoms with van der Waals surface area (Å²) in [5, 5.41) is 3.49. The van der Waals surface area contributed by atoms with Crippen molar-refractivity contribution in [1.82, 2.24) is 5.32 Å². The second-order valence-electron chi connectivity index (χ2n) is 9.61. The molecule has 1 aliphatic heterocycles. The van der Waals surface area contributed by atoms with Crippen LogP contribution in [0, 0.1) is 0 Å². The van der Waals surface area contributed by atoms with Gasteiger partial charge in [-0.2, -0.15) is 0 Å². The molecular weight excluding hydrogens is 452 g/mol. The molecule has 34 heavy (non-hydrogen) atoms.